The largest absolute Gasteiger partial charge is 0.354 e. The average Bonchev–Trinajstić information content (AvgIpc) is 2.97. The van der Waals surface area contributed by atoms with Gasteiger partial charge in [0.15, 0.2) is 0 Å². The molecule has 0 aliphatic carbocycles. The minimum absolute atomic E-state index is 0.0933. The number of benzene rings is 2. The zero-order valence-corrected chi connectivity index (χ0v) is 17.5. The van der Waals surface area contributed by atoms with E-state index in [-0.39, 0.29) is 36.1 Å². The number of nitrogens with zero attached hydrogens (tertiary/aromatic N) is 1. The minimum Gasteiger partial charge on any atom is -0.354 e. The third kappa shape index (κ3) is 5.71. The van der Waals surface area contributed by atoms with E-state index in [1.807, 2.05) is 37.3 Å². The maximum absolute atomic E-state index is 12.5. The Kier molecular flexibility index (Phi) is 7.12. The van der Waals surface area contributed by atoms with E-state index in [1.165, 1.54) is 0 Å². The minimum atomic E-state index is -0.346. The fourth-order valence-electron chi connectivity index (χ4n) is 2.96. The molecule has 3 rings (SSSR count). The van der Waals surface area contributed by atoms with E-state index in [0.717, 1.165) is 27.8 Å². The summed E-state index contributed by atoms with van der Waals surface area (Å²) in [5, 5.41) is 3.07. The third-order valence-corrected chi connectivity index (χ3v) is 5.72. The zero-order valence-electron chi connectivity index (χ0n) is 15.9. The van der Waals surface area contributed by atoms with Crippen LogP contribution in [0.15, 0.2) is 59.5 Å². The van der Waals surface area contributed by atoms with Crippen LogP contribution in [0.25, 0.3) is 6.08 Å². The molecule has 1 fully saturated rings. The lowest BCUT2D eigenvalue weighted by molar-refractivity contribution is -0.124. The van der Waals surface area contributed by atoms with Gasteiger partial charge in [-0.15, -0.1) is 0 Å². The van der Waals surface area contributed by atoms with Gasteiger partial charge in [-0.1, -0.05) is 61.0 Å². The number of thioether (sulfide) groups is 1. The standard InChI is InChI=1S/C22H21ClN2O3S/c1-15(17-5-3-2-4-6-17)13-20(26)24-11-12-25-21(27)19(29-22(25)28)14-16-7-9-18(23)10-8-16/h2-10,14-15H,11-13H2,1H3,(H,24,26)/b19-14-/t15-/m0/s1. The van der Waals surface area contributed by atoms with Gasteiger partial charge in [0.2, 0.25) is 5.91 Å². The number of nitrogens with one attached hydrogen (secondary N) is 1. The molecule has 0 spiro atoms. The summed E-state index contributed by atoms with van der Waals surface area (Å²) in [6, 6.07) is 16.8. The van der Waals surface area contributed by atoms with Gasteiger partial charge in [0, 0.05) is 24.5 Å². The van der Waals surface area contributed by atoms with Crippen molar-refractivity contribution < 1.29 is 14.4 Å². The summed E-state index contributed by atoms with van der Waals surface area (Å²) in [7, 11) is 0. The Balaban J connectivity index is 1.50. The number of imide groups is 1. The highest BCUT2D eigenvalue weighted by Gasteiger charge is 2.34. The molecule has 1 atom stereocenters. The lowest BCUT2D eigenvalue weighted by Crippen LogP contribution is -2.37. The van der Waals surface area contributed by atoms with Gasteiger partial charge in [0.05, 0.1) is 4.91 Å². The van der Waals surface area contributed by atoms with Crippen molar-refractivity contribution in [2.75, 3.05) is 13.1 Å². The Morgan fingerprint density at radius 2 is 1.83 bits per heavy atom. The summed E-state index contributed by atoms with van der Waals surface area (Å²) in [4.78, 5) is 38.4. The van der Waals surface area contributed by atoms with Gasteiger partial charge < -0.3 is 5.32 Å². The molecule has 29 heavy (non-hydrogen) atoms. The lowest BCUT2D eigenvalue weighted by Gasteiger charge is -2.15. The molecule has 0 radical (unpaired) electrons. The first kappa shape index (κ1) is 21.1. The van der Waals surface area contributed by atoms with Crippen molar-refractivity contribution in [2.24, 2.45) is 0 Å². The summed E-state index contributed by atoms with van der Waals surface area (Å²) < 4.78 is 0. The first-order valence-electron chi connectivity index (χ1n) is 9.26. The van der Waals surface area contributed by atoms with Gasteiger partial charge in [-0.25, -0.2) is 0 Å². The molecular weight excluding hydrogens is 408 g/mol. The summed E-state index contributed by atoms with van der Waals surface area (Å²) in [5.41, 5.74) is 1.89. The Labute approximate surface area is 179 Å². The van der Waals surface area contributed by atoms with Crippen LogP contribution in [0.5, 0.6) is 0 Å². The average molecular weight is 429 g/mol. The maximum atomic E-state index is 12.5. The molecule has 1 saturated heterocycles. The molecule has 5 nitrogen and oxygen atoms in total. The third-order valence-electron chi connectivity index (χ3n) is 4.56. The van der Waals surface area contributed by atoms with E-state index in [4.69, 9.17) is 11.6 Å². The lowest BCUT2D eigenvalue weighted by atomic mass is 9.98. The predicted molar refractivity (Wildman–Crippen MR) is 117 cm³/mol. The molecular formula is C22H21ClN2O3S. The molecule has 1 aliphatic heterocycles. The summed E-state index contributed by atoms with van der Waals surface area (Å²) >= 11 is 6.76. The van der Waals surface area contributed by atoms with Crippen LogP contribution in [0.4, 0.5) is 4.79 Å². The van der Waals surface area contributed by atoms with E-state index >= 15 is 0 Å². The highest BCUT2D eigenvalue weighted by Crippen LogP contribution is 2.32. The molecule has 1 aliphatic rings. The van der Waals surface area contributed by atoms with Crippen LogP contribution in [0, 0.1) is 0 Å². The molecule has 7 heteroatoms. The van der Waals surface area contributed by atoms with Gasteiger partial charge in [-0.2, -0.15) is 0 Å². The second kappa shape index (κ2) is 9.76. The van der Waals surface area contributed by atoms with Crippen LogP contribution in [0.3, 0.4) is 0 Å². The monoisotopic (exact) mass is 428 g/mol. The number of rotatable bonds is 7. The maximum Gasteiger partial charge on any atom is 0.293 e. The van der Waals surface area contributed by atoms with Crippen LogP contribution in [-0.4, -0.2) is 35.0 Å². The Morgan fingerprint density at radius 3 is 2.52 bits per heavy atom. The van der Waals surface area contributed by atoms with Gasteiger partial charge in [0.1, 0.15) is 0 Å². The smallest absolute Gasteiger partial charge is 0.293 e. The number of carbonyl (C=O) groups excluding carboxylic acids is 3. The molecule has 1 heterocycles. The highest BCUT2D eigenvalue weighted by molar-refractivity contribution is 8.18. The first-order chi connectivity index (χ1) is 13.9. The Hall–Kier alpha value is -2.57. The first-order valence-corrected chi connectivity index (χ1v) is 10.5. The van der Waals surface area contributed by atoms with Crippen LogP contribution < -0.4 is 5.32 Å². The van der Waals surface area contributed by atoms with Crippen molar-refractivity contribution >= 4 is 46.5 Å². The van der Waals surface area contributed by atoms with E-state index in [1.54, 1.807) is 30.3 Å². The Bertz CT molecular complexity index is 929. The van der Waals surface area contributed by atoms with E-state index in [9.17, 15) is 14.4 Å². The number of halogens is 1. The van der Waals surface area contributed by atoms with Crippen molar-refractivity contribution in [3.8, 4) is 0 Å². The highest BCUT2D eigenvalue weighted by atomic mass is 35.5. The van der Waals surface area contributed by atoms with E-state index < -0.39 is 0 Å². The van der Waals surface area contributed by atoms with Crippen molar-refractivity contribution in [2.45, 2.75) is 19.3 Å². The van der Waals surface area contributed by atoms with Gasteiger partial charge in [0.25, 0.3) is 11.1 Å². The van der Waals surface area contributed by atoms with Crippen molar-refractivity contribution in [1.82, 2.24) is 10.2 Å². The van der Waals surface area contributed by atoms with Gasteiger partial charge in [-0.05, 0) is 47.0 Å². The van der Waals surface area contributed by atoms with Crippen molar-refractivity contribution in [1.29, 1.82) is 0 Å². The molecule has 2 aromatic rings. The van der Waals surface area contributed by atoms with Crippen LogP contribution >= 0.6 is 23.4 Å². The van der Waals surface area contributed by atoms with Gasteiger partial charge >= 0.3 is 0 Å². The summed E-state index contributed by atoms with van der Waals surface area (Å²) in [6.07, 6.45) is 2.02. The second-order valence-electron chi connectivity index (χ2n) is 6.75. The fraction of sp³-hybridized carbons (Fsp3) is 0.227. The molecule has 0 aromatic heterocycles. The quantitative estimate of drug-likeness (QED) is 0.650. The Morgan fingerprint density at radius 1 is 1.14 bits per heavy atom. The molecule has 2 aromatic carbocycles. The van der Waals surface area contributed by atoms with Crippen LogP contribution in [0.1, 0.15) is 30.4 Å². The van der Waals surface area contributed by atoms with E-state index in [0.29, 0.717) is 16.3 Å². The molecule has 0 saturated carbocycles. The number of hydrogen-bond donors (Lipinski definition) is 1. The molecule has 150 valence electrons. The van der Waals surface area contributed by atoms with Crippen LogP contribution in [-0.2, 0) is 9.59 Å². The molecule has 0 unspecified atom stereocenters. The fourth-order valence-corrected chi connectivity index (χ4v) is 3.95. The number of amides is 3. The van der Waals surface area contributed by atoms with Crippen molar-refractivity contribution in [3.63, 3.8) is 0 Å². The van der Waals surface area contributed by atoms with E-state index in [2.05, 4.69) is 5.32 Å². The summed E-state index contributed by atoms with van der Waals surface area (Å²) in [6.45, 7) is 2.37. The molecule has 3 amide bonds. The van der Waals surface area contributed by atoms with Crippen LogP contribution in [0.2, 0.25) is 5.02 Å². The van der Waals surface area contributed by atoms with Gasteiger partial charge in [-0.3, -0.25) is 19.3 Å². The molecule has 0 bridgehead atoms. The normalized spacial score (nSPS) is 16.3. The predicted octanol–water partition coefficient (Wildman–Crippen LogP) is 4.69. The topological polar surface area (TPSA) is 66.5 Å². The summed E-state index contributed by atoms with van der Waals surface area (Å²) in [5.74, 6) is -0.359. The zero-order chi connectivity index (χ0) is 20.8. The number of carbonyl (C=O) groups is 3. The second-order valence-corrected chi connectivity index (χ2v) is 8.18. The van der Waals surface area contributed by atoms with Crippen molar-refractivity contribution in [3.05, 3.63) is 75.7 Å². The molecule has 1 N–H and O–H groups in total. The SMILES string of the molecule is C[C@@H](CC(=O)NCCN1C(=O)S/C(=C\c2ccc(Cl)cc2)C1=O)c1ccccc1. The number of hydrogen-bond acceptors (Lipinski definition) is 4.